The predicted molar refractivity (Wildman–Crippen MR) is 61.3 cm³/mol. The number of H-pyrrole nitrogens is 1. The quantitative estimate of drug-likeness (QED) is 0.664. The monoisotopic (exact) mass is 237 g/mol. The molecule has 0 radical (unpaired) electrons. The largest absolute Gasteiger partial charge is 0.367 e. The molecular formula is C9H15N7O. The minimum absolute atomic E-state index is 0.254. The maximum absolute atomic E-state index is 5.38. The fraction of sp³-hybridized carbons (Fsp3) is 0.556. The van der Waals surface area contributed by atoms with E-state index >= 15 is 0 Å². The number of rotatable bonds is 6. The van der Waals surface area contributed by atoms with Gasteiger partial charge < -0.3 is 15.6 Å². The third-order valence-corrected chi connectivity index (χ3v) is 2.13. The summed E-state index contributed by atoms with van der Waals surface area (Å²) in [6.45, 7) is 2.70. The molecule has 0 saturated heterocycles. The van der Waals surface area contributed by atoms with Crippen molar-refractivity contribution in [1.29, 1.82) is 0 Å². The Morgan fingerprint density at radius 2 is 2.24 bits per heavy atom. The molecule has 92 valence electrons. The van der Waals surface area contributed by atoms with Crippen molar-refractivity contribution in [3.8, 4) is 0 Å². The zero-order valence-electron chi connectivity index (χ0n) is 9.60. The lowest BCUT2D eigenvalue weighted by Gasteiger charge is -1.97. The maximum Gasteiger partial charge on any atom is 0.263 e. The van der Waals surface area contributed by atoms with Gasteiger partial charge in [0.25, 0.3) is 5.95 Å². The second-order valence-corrected chi connectivity index (χ2v) is 3.58. The van der Waals surface area contributed by atoms with Gasteiger partial charge in [0.15, 0.2) is 0 Å². The average molecular weight is 237 g/mol. The van der Waals surface area contributed by atoms with Gasteiger partial charge in [-0.15, -0.1) is 5.10 Å². The Balaban J connectivity index is 1.77. The van der Waals surface area contributed by atoms with E-state index in [-0.39, 0.29) is 5.95 Å². The third kappa shape index (κ3) is 3.16. The van der Waals surface area contributed by atoms with Crippen molar-refractivity contribution in [3.63, 3.8) is 0 Å². The van der Waals surface area contributed by atoms with E-state index in [0.29, 0.717) is 24.8 Å². The summed E-state index contributed by atoms with van der Waals surface area (Å²) in [6.07, 6.45) is 2.45. The van der Waals surface area contributed by atoms with E-state index < -0.39 is 0 Å². The van der Waals surface area contributed by atoms with Gasteiger partial charge in [-0.3, -0.25) is 5.10 Å². The summed E-state index contributed by atoms with van der Waals surface area (Å²) in [5.74, 6) is 2.14. The van der Waals surface area contributed by atoms with Crippen LogP contribution in [0.1, 0.15) is 25.1 Å². The highest BCUT2D eigenvalue weighted by molar-refractivity contribution is 5.21. The van der Waals surface area contributed by atoms with Crippen LogP contribution in [0.5, 0.6) is 0 Å². The number of nitrogen functional groups attached to an aromatic ring is 1. The first kappa shape index (κ1) is 11.4. The molecule has 8 nitrogen and oxygen atoms in total. The van der Waals surface area contributed by atoms with Crippen LogP contribution in [0.3, 0.4) is 0 Å². The second kappa shape index (κ2) is 5.28. The van der Waals surface area contributed by atoms with E-state index in [1.807, 2.05) is 0 Å². The van der Waals surface area contributed by atoms with Crippen LogP contribution in [0.4, 0.5) is 11.9 Å². The fourth-order valence-corrected chi connectivity index (χ4v) is 1.36. The van der Waals surface area contributed by atoms with Gasteiger partial charge in [-0.2, -0.15) is 9.97 Å². The molecule has 0 bridgehead atoms. The van der Waals surface area contributed by atoms with E-state index in [4.69, 9.17) is 10.3 Å². The zero-order valence-corrected chi connectivity index (χ0v) is 9.60. The SMILES string of the molecule is CCCc1nc(NCCc2nc(N)n[nH]2)no1. The first-order valence-electron chi connectivity index (χ1n) is 5.51. The number of nitrogens with one attached hydrogen (secondary N) is 2. The highest BCUT2D eigenvalue weighted by atomic mass is 16.5. The standard InChI is InChI=1S/C9H15N7O/c1-2-3-7-13-9(16-17-7)11-5-4-6-12-8(10)15-14-6/h2-5H2,1H3,(H,11,16)(H3,10,12,14,15). The van der Waals surface area contributed by atoms with Gasteiger partial charge >= 0.3 is 0 Å². The summed E-state index contributed by atoms with van der Waals surface area (Å²) in [4.78, 5) is 8.16. The molecule has 0 unspecified atom stereocenters. The summed E-state index contributed by atoms with van der Waals surface area (Å²) in [5.41, 5.74) is 5.38. The molecule has 2 heterocycles. The van der Waals surface area contributed by atoms with Crippen molar-refractivity contribution in [1.82, 2.24) is 25.3 Å². The number of aromatic amines is 1. The molecule has 2 aromatic rings. The number of aromatic nitrogens is 5. The fourth-order valence-electron chi connectivity index (χ4n) is 1.36. The summed E-state index contributed by atoms with van der Waals surface area (Å²) in [5, 5.41) is 13.3. The lowest BCUT2D eigenvalue weighted by molar-refractivity contribution is 0.378. The van der Waals surface area contributed by atoms with Gasteiger partial charge in [-0.1, -0.05) is 6.92 Å². The lowest BCUT2D eigenvalue weighted by atomic mass is 10.3. The molecule has 2 rings (SSSR count). The van der Waals surface area contributed by atoms with Crippen LogP contribution in [-0.2, 0) is 12.8 Å². The molecule has 0 spiro atoms. The van der Waals surface area contributed by atoms with E-state index in [0.717, 1.165) is 18.7 Å². The minimum Gasteiger partial charge on any atom is -0.367 e. The normalized spacial score (nSPS) is 10.6. The zero-order chi connectivity index (χ0) is 12.1. The number of anilines is 2. The van der Waals surface area contributed by atoms with Crippen LogP contribution in [0.2, 0.25) is 0 Å². The third-order valence-electron chi connectivity index (χ3n) is 2.13. The van der Waals surface area contributed by atoms with Crippen molar-refractivity contribution >= 4 is 11.9 Å². The first-order chi connectivity index (χ1) is 8.28. The van der Waals surface area contributed by atoms with Gasteiger partial charge in [0, 0.05) is 19.4 Å². The van der Waals surface area contributed by atoms with Crippen molar-refractivity contribution in [2.45, 2.75) is 26.2 Å². The molecule has 17 heavy (non-hydrogen) atoms. The Morgan fingerprint density at radius 3 is 2.94 bits per heavy atom. The number of nitrogens with two attached hydrogens (primary N) is 1. The molecular weight excluding hydrogens is 222 g/mol. The van der Waals surface area contributed by atoms with Crippen molar-refractivity contribution in [3.05, 3.63) is 11.7 Å². The number of hydrogen-bond donors (Lipinski definition) is 3. The predicted octanol–water partition coefficient (Wildman–Crippen LogP) is 0.377. The Kier molecular flexibility index (Phi) is 3.53. The highest BCUT2D eigenvalue weighted by Gasteiger charge is 2.05. The number of hydrogen-bond acceptors (Lipinski definition) is 7. The Bertz CT molecular complexity index is 463. The van der Waals surface area contributed by atoms with Crippen molar-refractivity contribution in [2.24, 2.45) is 0 Å². The molecule has 0 saturated carbocycles. The highest BCUT2D eigenvalue weighted by Crippen LogP contribution is 2.04. The molecule has 0 aliphatic heterocycles. The molecule has 2 aromatic heterocycles. The molecule has 8 heteroatoms. The number of aryl methyl sites for hydroxylation is 1. The van der Waals surface area contributed by atoms with Gasteiger partial charge in [-0.05, 0) is 11.6 Å². The maximum atomic E-state index is 5.38. The molecule has 4 N–H and O–H groups in total. The van der Waals surface area contributed by atoms with Gasteiger partial charge in [0.2, 0.25) is 11.8 Å². The lowest BCUT2D eigenvalue weighted by Crippen LogP contribution is -2.07. The molecule has 0 atom stereocenters. The van der Waals surface area contributed by atoms with Crippen molar-refractivity contribution in [2.75, 3.05) is 17.6 Å². The summed E-state index contributed by atoms with van der Waals surface area (Å²) in [7, 11) is 0. The molecule has 0 aliphatic carbocycles. The van der Waals surface area contributed by atoms with Gasteiger partial charge in [0.05, 0.1) is 0 Å². The first-order valence-corrected chi connectivity index (χ1v) is 5.51. The van der Waals surface area contributed by atoms with Crippen LogP contribution < -0.4 is 11.1 Å². The van der Waals surface area contributed by atoms with Crippen LogP contribution in [0.15, 0.2) is 4.52 Å². The summed E-state index contributed by atoms with van der Waals surface area (Å²) >= 11 is 0. The number of nitrogens with zero attached hydrogens (tertiary/aromatic N) is 4. The summed E-state index contributed by atoms with van der Waals surface area (Å²) in [6, 6.07) is 0. The van der Waals surface area contributed by atoms with Crippen LogP contribution >= 0.6 is 0 Å². The molecule has 0 fully saturated rings. The molecule has 0 amide bonds. The van der Waals surface area contributed by atoms with E-state index in [1.165, 1.54) is 0 Å². The van der Waals surface area contributed by atoms with Crippen molar-refractivity contribution < 1.29 is 4.52 Å². The second-order valence-electron chi connectivity index (χ2n) is 3.58. The van der Waals surface area contributed by atoms with Gasteiger partial charge in [0.1, 0.15) is 5.82 Å². The van der Waals surface area contributed by atoms with Crippen LogP contribution in [-0.4, -0.2) is 31.9 Å². The topological polar surface area (TPSA) is 119 Å². The summed E-state index contributed by atoms with van der Waals surface area (Å²) < 4.78 is 5.03. The van der Waals surface area contributed by atoms with E-state index in [1.54, 1.807) is 0 Å². The van der Waals surface area contributed by atoms with E-state index in [2.05, 4.69) is 37.6 Å². The van der Waals surface area contributed by atoms with Gasteiger partial charge in [-0.25, -0.2) is 0 Å². The Labute approximate surface area is 98.0 Å². The molecule has 0 aliphatic rings. The van der Waals surface area contributed by atoms with E-state index in [9.17, 15) is 0 Å². The average Bonchev–Trinajstić information content (AvgIpc) is 2.89. The Morgan fingerprint density at radius 1 is 1.35 bits per heavy atom. The smallest absolute Gasteiger partial charge is 0.263 e. The van der Waals surface area contributed by atoms with Crippen LogP contribution in [0.25, 0.3) is 0 Å². The minimum atomic E-state index is 0.254. The molecule has 0 aromatic carbocycles. The van der Waals surface area contributed by atoms with Crippen LogP contribution in [0, 0.1) is 0 Å². The Hall–Kier alpha value is -2.12.